The van der Waals surface area contributed by atoms with Crippen molar-refractivity contribution in [1.29, 1.82) is 0 Å². The Morgan fingerprint density at radius 1 is 1.42 bits per heavy atom. The summed E-state index contributed by atoms with van der Waals surface area (Å²) < 4.78 is 1.39. The van der Waals surface area contributed by atoms with Gasteiger partial charge in [-0.05, 0) is 11.6 Å². The maximum absolute atomic E-state index is 11.5. The summed E-state index contributed by atoms with van der Waals surface area (Å²) in [6.07, 6.45) is 2.81. The van der Waals surface area contributed by atoms with Gasteiger partial charge >= 0.3 is 0 Å². The van der Waals surface area contributed by atoms with Gasteiger partial charge in [0.1, 0.15) is 5.69 Å². The van der Waals surface area contributed by atoms with E-state index in [1.807, 2.05) is 0 Å². The van der Waals surface area contributed by atoms with E-state index in [1.54, 1.807) is 19.2 Å². The van der Waals surface area contributed by atoms with Crippen LogP contribution >= 0.6 is 0 Å². The fourth-order valence-corrected chi connectivity index (χ4v) is 1.73. The molecule has 1 N–H and O–H groups in total. The summed E-state index contributed by atoms with van der Waals surface area (Å²) in [6.45, 7) is 0.248. The third-order valence-corrected chi connectivity index (χ3v) is 2.67. The Morgan fingerprint density at radius 2 is 2.21 bits per heavy atom. The van der Waals surface area contributed by atoms with E-state index in [9.17, 15) is 14.9 Å². The molecule has 0 aliphatic rings. The monoisotopic (exact) mass is 260 g/mol. The molecule has 1 aromatic carbocycles. The minimum atomic E-state index is -0.457. The Kier molecular flexibility index (Phi) is 3.56. The molecule has 0 spiro atoms. The Bertz CT molecular complexity index is 666. The van der Waals surface area contributed by atoms with Gasteiger partial charge in [-0.15, -0.1) is 0 Å². The lowest BCUT2D eigenvalue weighted by Crippen LogP contribution is -2.19. The average Bonchev–Trinajstić information content (AvgIpc) is 2.41. The van der Waals surface area contributed by atoms with E-state index in [0.29, 0.717) is 11.3 Å². The Morgan fingerprint density at radius 3 is 2.84 bits per heavy atom. The van der Waals surface area contributed by atoms with E-state index in [-0.39, 0.29) is 17.8 Å². The van der Waals surface area contributed by atoms with Crippen LogP contribution in [0.15, 0.2) is 41.6 Å². The fourth-order valence-electron chi connectivity index (χ4n) is 1.73. The first-order chi connectivity index (χ1) is 9.11. The normalized spacial score (nSPS) is 10.2. The van der Waals surface area contributed by atoms with Crippen LogP contribution in [0.2, 0.25) is 0 Å². The molecule has 1 heterocycles. The number of anilines is 1. The van der Waals surface area contributed by atoms with Crippen LogP contribution in [-0.2, 0) is 6.54 Å². The van der Waals surface area contributed by atoms with Crippen LogP contribution in [0.3, 0.4) is 0 Å². The smallest absolute Gasteiger partial charge is 0.292 e. The van der Waals surface area contributed by atoms with Crippen molar-refractivity contribution in [3.63, 3.8) is 0 Å². The van der Waals surface area contributed by atoms with Crippen LogP contribution < -0.4 is 10.9 Å². The fraction of sp³-hybridized carbons (Fsp3) is 0.167. The largest absolute Gasteiger partial charge is 0.383 e. The van der Waals surface area contributed by atoms with E-state index in [2.05, 4.69) is 10.3 Å². The number of hydrogen-bond acceptors (Lipinski definition) is 5. The first-order valence-electron chi connectivity index (χ1n) is 5.57. The number of benzene rings is 1. The van der Waals surface area contributed by atoms with Crippen molar-refractivity contribution >= 4 is 11.4 Å². The van der Waals surface area contributed by atoms with Crippen molar-refractivity contribution in [2.24, 2.45) is 0 Å². The van der Waals surface area contributed by atoms with Crippen LogP contribution in [0.4, 0.5) is 11.4 Å². The van der Waals surface area contributed by atoms with Gasteiger partial charge in [0.15, 0.2) is 0 Å². The number of hydrogen-bond donors (Lipinski definition) is 1. The molecule has 0 aliphatic heterocycles. The number of nitrogens with one attached hydrogen (secondary N) is 1. The van der Waals surface area contributed by atoms with Crippen molar-refractivity contribution in [2.45, 2.75) is 6.54 Å². The first kappa shape index (κ1) is 12.7. The van der Waals surface area contributed by atoms with Gasteiger partial charge in [-0.2, -0.15) is 0 Å². The molecule has 0 unspecified atom stereocenters. The number of nitro groups is 1. The van der Waals surface area contributed by atoms with Gasteiger partial charge in [0.05, 0.1) is 17.8 Å². The minimum absolute atomic E-state index is 0.0167. The van der Waals surface area contributed by atoms with Crippen molar-refractivity contribution < 1.29 is 4.92 Å². The molecule has 0 amide bonds. The van der Waals surface area contributed by atoms with E-state index >= 15 is 0 Å². The predicted molar refractivity (Wildman–Crippen MR) is 70.2 cm³/mol. The molecule has 0 saturated heterocycles. The summed E-state index contributed by atoms with van der Waals surface area (Å²) >= 11 is 0. The first-order valence-corrected chi connectivity index (χ1v) is 5.57. The van der Waals surface area contributed by atoms with Gasteiger partial charge in [-0.3, -0.25) is 19.5 Å². The number of nitrogens with zero attached hydrogens (tertiary/aromatic N) is 3. The molecule has 0 saturated carbocycles. The Labute approximate surface area is 108 Å². The molecule has 19 heavy (non-hydrogen) atoms. The second-order valence-corrected chi connectivity index (χ2v) is 3.91. The van der Waals surface area contributed by atoms with Crippen LogP contribution in [0.5, 0.6) is 0 Å². The van der Waals surface area contributed by atoms with Crippen LogP contribution in [0.25, 0.3) is 0 Å². The summed E-state index contributed by atoms with van der Waals surface area (Å²) in [6, 6.07) is 6.15. The van der Waals surface area contributed by atoms with Crippen molar-refractivity contribution in [3.8, 4) is 0 Å². The summed E-state index contributed by atoms with van der Waals surface area (Å²) in [7, 11) is 1.62. The van der Waals surface area contributed by atoms with Gasteiger partial charge in [-0.25, -0.2) is 4.98 Å². The van der Waals surface area contributed by atoms with Gasteiger partial charge in [0.2, 0.25) is 0 Å². The van der Waals surface area contributed by atoms with Crippen molar-refractivity contribution in [1.82, 2.24) is 9.55 Å². The maximum atomic E-state index is 11.5. The molecule has 0 fully saturated rings. The lowest BCUT2D eigenvalue weighted by molar-refractivity contribution is -0.384. The van der Waals surface area contributed by atoms with Crippen LogP contribution in [-0.4, -0.2) is 21.5 Å². The van der Waals surface area contributed by atoms with E-state index in [1.165, 1.54) is 29.2 Å². The van der Waals surface area contributed by atoms with Gasteiger partial charge in [0, 0.05) is 25.4 Å². The van der Waals surface area contributed by atoms with Crippen molar-refractivity contribution in [3.05, 3.63) is 62.8 Å². The molecule has 98 valence electrons. The predicted octanol–water partition coefficient (Wildman–Crippen LogP) is 1.24. The van der Waals surface area contributed by atoms with Crippen molar-refractivity contribution in [2.75, 3.05) is 12.4 Å². The summed E-state index contributed by atoms with van der Waals surface area (Å²) in [5.41, 5.74) is 0.889. The number of aromatic nitrogens is 2. The zero-order chi connectivity index (χ0) is 13.8. The molecular formula is C12H12N4O3. The minimum Gasteiger partial charge on any atom is -0.383 e. The highest BCUT2D eigenvalue weighted by Crippen LogP contribution is 2.25. The summed E-state index contributed by atoms with van der Waals surface area (Å²) in [4.78, 5) is 25.9. The molecule has 0 atom stereocenters. The average molecular weight is 260 g/mol. The Hall–Kier alpha value is -2.70. The highest BCUT2D eigenvalue weighted by atomic mass is 16.6. The molecule has 7 nitrogen and oxygen atoms in total. The quantitative estimate of drug-likeness (QED) is 0.659. The highest BCUT2D eigenvalue weighted by molar-refractivity contribution is 5.62. The molecular weight excluding hydrogens is 248 g/mol. The molecule has 1 aromatic heterocycles. The lowest BCUT2D eigenvalue weighted by atomic mass is 10.1. The molecule has 0 bridgehead atoms. The van der Waals surface area contributed by atoms with Gasteiger partial charge < -0.3 is 5.32 Å². The van der Waals surface area contributed by atoms with Gasteiger partial charge in [0.25, 0.3) is 11.2 Å². The van der Waals surface area contributed by atoms with Gasteiger partial charge in [-0.1, -0.05) is 6.07 Å². The summed E-state index contributed by atoms with van der Waals surface area (Å²) in [5.74, 6) is 0. The zero-order valence-electron chi connectivity index (χ0n) is 10.2. The SMILES string of the molecule is CNc1ccc(Cn2cnccc2=O)cc1[N+](=O)[O-]. The standard InChI is InChI=1S/C12H12N4O3/c1-13-10-3-2-9(6-11(10)16(18)19)7-15-8-14-5-4-12(15)17/h2-6,8,13H,7H2,1H3. The summed E-state index contributed by atoms with van der Waals surface area (Å²) in [5, 5.41) is 13.7. The highest BCUT2D eigenvalue weighted by Gasteiger charge is 2.13. The molecule has 2 rings (SSSR count). The van der Waals surface area contributed by atoms with Crippen LogP contribution in [0.1, 0.15) is 5.56 Å². The second kappa shape index (κ2) is 5.30. The molecule has 7 heteroatoms. The molecule has 0 aliphatic carbocycles. The third-order valence-electron chi connectivity index (χ3n) is 2.67. The topological polar surface area (TPSA) is 90.1 Å². The maximum Gasteiger partial charge on any atom is 0.292 e. The van der Waals surface area contributed by atoms with E-state index < -0.39 is 4.92 Å². The van der Waals surface area contributed by atoms with E-state index in [4.69, 9.17) is 0 Å². The zero-order valence-corrected chi connectivity index (χ0v) is 10.2. The molecule has 2 aromatic rings. The number of rotatable bonds is 4. The third kappa shape index (κ3) is 2.76. The number of nitro benzene ring substituents is 1. The Balaban J connectivity index is 2.37. The van der Waals surface area contributed by atoms with E-state index in [0.717, 1.165) is 0 Å². The lowest BCUT2D eigenvalue weighted by Gasteiger charge is -2.07. The van der Waals surface area contributed by atoms with Crippen LogP contribution in [0, 0.1) is 10.1 Å². The second-order valence-electron chi connectivity index (χ2n) is 3.91. The molecule has 0 radical (unpaired) electrons.